The fourth-order valence-electron chi connectivity index (χ4n) is 8.71. The van der Waals surface area contributed by atoms with Gasteiger partial charge in [0.15, 0.2) is 0 Å². The van der Waals surface area contributed by atoms with Crippen molar-refractivity contribution in [3.8, 4) is 16.9 Å². The Morgan fingerprint density at radius 1 is 0.965 bits per heavy atom. The van der Waals surface area contributed by atoms with E-state index in [0.29, 0.717) is 48.9 Å². The molecule has 0 saturated carbocycles. The number of nitrogens with zero attached hydrogens (tertiary/aromatic N) is 6. The van der Waals surface area contributed by atoms with Crippen molar-refractivity contribution in [3.63, 3.8) is 0 Å². The molecule has 2 amide bonds. The minimum Gasteiger partial charge on any atom is -0.494 e. The van der Waals surface area contributed by atoms with E-state index in [0.717, 1.165) is 83.0 Å². The molecule has 12 heteroatoms. The van der Waals surface area contributed by atoms with Crippen LogP contribution >= 0.6 is 23.2 Å². The Hall–Kier alpha value is -5.58. The van der Waals surface area contributed by atoms with E-state index in [1.54, 1.807) is 11.1 Å². The molecule has 0 bridgehead atoms. The van der Waals surface area contributed by atoms with Crippen molar-refractivity contribution in [2.24, 2.45) is 12.8 Å². The van der Waals surface area contributed by atoms with Crippen molar-refractivity contribution in [1.29, 1.82) is 0 Å². The first kappa shape index (κ1) is 38.3. The zero-order chi connectivity index (χ0) is 40.4. The standard InChI is InChI=1S/C45H45Cl2N7O3/c1-24-13-16-36-34(19-24)41(43(44(48)55)52(36)23-30-11-8-9-17-49-30)53-22-27(4)54-40-33(14-15-35(46)38(40)37-28(5)50-51(7)29(37)6)32(42(54)45(53)56)12-10-18-57-31-20-25(2)39(47)26(3)21-31/h8-9,11,13-17,19-21,27H,10,12,18,22-23H2,1-7H3,(H2,48,55)/t27-/m1/s1. The highest BCUT2D eigenvalue weighted by Gasteiger charge is 2.39. The maximum Gasteiger partial charge on any atom is 0.275 e. The fourth-order valence-corrected chi connectivity index (χ4v) is 9.07. The van der Waals surface area contributed by atoms with Gasteiger partial charge in [-0.05, 0) is 114 Å². The van der Waals surface area contributed by atoms with E-state index in [1.165, 1.54) is 0 Å². The number of rotatable bonds is 10. The molecule has 7 aromatic rings. The van der Waals surface area contributed by atoms with Gasteiger partial charge in [-0.25, -0.2) is 0 Å². The van der Waals surface area contributed by atoms with E-state index in [-0.39, 0.29) is 17.6 Å². The lowest BCUT2D eigenvalue weighted by molar-refractivity contribution is 0.0957. The normalized spacial score (nSPS) is 14.2. The highest BCUT2D eigenvalue weighted by atomic mass is 35.5. The number of nitrogens with two attached hydrogens (primary N) is 1. The summed E-state index contributed by atoms with van der Waals surface area (Å²) in [7, 11) is 1.93. The van der Waals surface area contributed by atoms with E-state index in [4.69, 9.17) is 38.8 Å². The third-order valence-corrected chi connectivity index (χ3v) is 12.2. The van der Waals surface area contributed by atoms with Crippen LogP contribution in [-0.2, 0) is 20.0 Å². The van der Waals surface area contributed by atoms with Crippen molar-refractivity contribution in [2.45, 2.75) is 67.0 Å². The summed E-state index contributed by atoms with van der Waals surface area (Å²) < 4.78 is 12.2. The third kappa shape index (κ3) is 6.45. The van der Waals surface area contributed by atoms with E-state index in [9.17, 15) is 4.79 Å². The second-order valence-electron chi connectivity index (χ2n) is 15.3. The number of benzene rings is 3. The van der Waals surface area contributed by atoms with Gasteiger partial charge in [0.1, 0.15) is 17.1 Å². The van der Waals surface area contributed by atoms with Crippen molar-refractivity contribution < 1.29 is 14.3 Å². The van der Waals surface area contributed by atoms with Crippen LogP contribution in [0, 0.1) is 34.6 Å². The number of hydrogen-bond donors (Lipinski definition) is 1. The second-order valence-corrected chi connectivity index (χ2v) is 16.0. The van der Waals surface area contributed by atoms with Gasteiger partial charge in [0.05, 0.1) is 46.3 Å². The summed E-state index contributed by atoms with van der Waals surface area (Å²) >= 11 is 13.6. The van der Waals surface area contributed by atoms with Gasteiger partial charge in [0.2, 0.25) is 0 Å². The Kier molecular flexibility index (Phi) is 9.90. The summed E-state index contributed by atoms with van der Waals surface area (Å²) in [6.45, 7) is 13.1. The Balaban J connectivity index is 1.31. The van der Waals surface area contributed by atoms with Gasteiger partial charge >= 0.3 is 0 Å². The number of hydrogen-bond acceptors (Lipinski definition) is 5. The molecule has 4 aromatic heterocycles. The number of fused-ring (bicyclic) bond motifs is 4. The zero-order valence-corrected chi connectivity index (χ0v) is 34.7. The predicted molar refractivity (Wildman–Crippen MR) is 228 cm³/mol. The highest BCUT2D eigenvalue weighted by Crippen LogP contribution is 2.46. The number of aryl methyl sites for hydroxylation is 6. The number of primary amides is 1. The van der Waals surface area contributed by atoms with Gasteiger partial charge in [0, 0.05) is 58.4 Å². The minimum atomic E-state index is -0.622. The van der Waals surface area contributed by atoms with Crippen LogP contribution in [-0.4, -0.2) is 48.9 Å². The largest absolute Gasteiger partial charge is 0.494 e. The molecule has 1 atom stereocenters. The molecule has 0 unspecified atom stereocenters. The molecule has 57 heavy (non-hydrogen) atoms. The van der Waals surface area contributed by atoms with Crippen molar-refractivity contribution >= 4 is 62.5 Å². The number of carbonyl (C=O) groups is 2. The van der Waals surface area contributed by atoms with Gasteiger partial charge in [-0.3, -0.25) is 19.3 Å². The first-order valence-corrected chi connectivity index (χ1v) is 19.9. The lowest BCUT2D eigenvalue weighted by Gasteiger charge is -2.34. The zero-order valence-electron chi connectivity index (χ0n) is 33.2. The van der Waals surface area contributed by atoms with Crippen molar-refractivity contribution in [3.05, 3.63) is 128 Å². The third-order valence-electron chi connectivity index (χ3n) is 11.3. The monoisotopic (exact) mass is 801 g/mol. The Morgan fingerprint density at radius 3 is 2.39 bits per heavy atom. The van der Waals surface area contributed by atoms with Crippen LogP contribution < -0.4 is 15.4 Å². The SMILES string of the molecule is Cc1ccc2c(c1)c(N1C[C@@H](C)n3c(c(CCCOc4cc(C)c(Cl)c(C)c4)c4ccc(Cl)c(-c5c(C)nn(C)c5C)c43)C1=O)c(C(N)=O)n2Cc1ccccn1. The topological polar surface area (TPSA) is 113 Å². The smallest absolute Gasteiger partial charge is 0.275 e. The molecule has 0 spiro atoms. The molecule has 0 radical (unpaired) electrons. The number of ether oxygens (including phenoxy) is 1. The quantitative estimate of drug-likeness (QED) is 0.139. The lowest BCUT2D eigenvalue weighted by atomic mass is 9.98. The summed E-state index contributed by atoms with van der Waals surface area (Å²) in [4.78, 5) is 35.4. The van der Waals surface area contributed by atoms with Gasteiger partial charge in [-0.2, -0.15) is 5.10 Å². The van der Waals surface area contributed by atoms with Gasteiger partial charge in [-0.1, -0.05) is 47.0 Å². The Labute approximate surface area is 341 Å². The number of amides is 2. The molecule has 0 aliphatic carbocycles. The van der Waals surface area contributed by atoms with Crippen LogP contribution in [0.25, 0.3) is 32.9 Å². The molecule has 3 aromatic carbocycles. The summed E-state index contributed by atoms with van der Waals surface area (Å²) in [5.41, 5.74) is 17.5. The minimum absolute atomic E-state index is 0.216. The Bertz CT molecular complexity index is 2740. The summed E-state index contributed by atoms with van der Waals surface area (Å²) in [6.07, 6.45) is 2.91. The molecule has 8 rings (SSSR count). The first-order valence-electron chi connectivity index (χ1n) is 19.2. The van der Waals surface area contributed by atoms with Crippen LogP contribution in [0.15, 0.2) is 66.9 Å². The molecule has 10 nitrogen and oxygen atoms in total. The number of aromatic nitrogens is 5. The van der Waals surface area contributed by atoms with Crippen LogP contribution in [0.3, 0.4) is 0 Å². The molecular formula is C45H45Cl2N7O3. The van der Waals surface area contributed by atoms with Crippen LogP contribution in [0.4, 0.5) is 5.69 Å². The molecule has 5 heterocycles. The molecule has 0 saturated heterocycles. The average Bonchev–Trinajstić information content (AvgIpc) is 3.76. The van der Waals surface area contributed by atoms with Gasteiger partial charge in [0.25, 0.3) is 11.8 Å². The number of anilines is 1. The summed E-state index contributed by atoms with van der Waals surface area (Å²) in [5.74, 6) is -0.0863. The molecule has 1 aliphatic rings. The second kappa shape index (κ2) is 14.7. The van der Waals surface area contributed by atoms with E-state index in [1.807, 2.05) is 112 Å². The first-order chi connectivity index (χ1) is 27.3. The number of halogens is 2. The fraction of sp³-hybridized carbons (Fsp3) is 0.289. The molecule has 1 aliphatic heterocycles. The number of carbonyl (C=O) groups excluding carboxylic acids is 2. The summed E-state index contributed by atoms with van der Waals surface area (Å²) in [6, 6.07) is 19.3. The molecular weight excluding hydrogens is 757 g/mol. The highest BCUT2D eigenvalue weighted by molar-refractivity contribution is 6.35. The van der Waals surface area contributed by atoms with Crippen LogP contribution in [0.2, 0.25) is 10.0 Å². The maximum absolute atomic E-state index is 15.5. The Morgan fingerprint density at radius 2 is 1.72 bits per heavy atom. The van der Waals surface area contributed by atoms with Gasteiger partial charge in [-0.15, -0.1) is 0 Å². The van der Waals surface area contributed by atoms with E-state index >= 15 is 4.79 Å². The van der Waals surface area contributed by atoms with E-state index in [2.05, 4.69) is 16.5 Å². The van der Waals surface area contributed by atoms with Crippen LogP contribution in [0.1, 0.15) is 79.7 Å². The number of pyridine rings is 1. The van der Waals surface area contributed by atoms with Crippen LogP contribution in [0.5, 0.6) is 5.75 Å². The van der Waals surface area contributed by atoms with E-state index < -0.39 is 5.91 Å². The van der Waals surface area contributed by atoms with Gasteiger partial charge < -0.3 is 24.5 Å². The molecule has 0 fully saturated rings. The lowest BCUT2D eigenvalue weighted by Crippen LogP contribution is -2.43. The summed E-state index contributed by atoms with van der Waals surface area (Å²) in [5, 5.41) is 7.77. The maximum atomic E-state index is 15.5. The molecule has 292 valence electrons. The average molecular weight is 803 g/mol. The molecule has 2 N–H and O–H groups in total. The van der Waals surface area contributed by atoms with Crippen molar-refractivity contribution in [2.75, 3.05) is 18.1 Å². The van der Waals surface area contributed by atoms with Crippen molar-refractivity contribution in [1.82, 2.24) is 23.9 Å². The predicted octanol–water partition coefficient (Wildman–Crippen LogP) is 9.62.